The van der Waals surface area contributed by atoms with Crippen LogP contribution in [-0.4, -0.2) is 44.5 Å². The van der Waals surface area contributed by atoms with E-state index >= 15 is 0 Å². The summed E-state index contributed by atoms with van der Waals surface area (Å²) in [6.45, 7) is 4.29. The van der Waals surface area contributed by atoms with Crippen molar-refractivity contribution in [2.45, 2.75) is 38.7 Å². The summed E-state index contributed by atoms with van der Waals surface area (Å²) in [6.07, 6.45) is 1.35. The van der Waals surface area contributed by atoms with Gasteiger partial charge in [0, 0.05) is 19.1 Å². The molecule has 1 aliphatic rings. The molecule has 0 unspecified atom stereocenters. The van der Waals surface area contributed by atoms with E-state index in [0.29, 0.717) is 18.1 Å². The summed E-state index contributed by atoms with van der Waals surface area (Å²) >= 11 is 0. The van der Waals surface area contributed by atoms with E-state index in [1.165, 1.54) is 0 Å². The van der Waals surface area contributed by atoms with Crippen LogP contribution < -0.4 is 0 Å². The van der Waals surface area contributed by atoms with Crippen molar-refractivity contribution in [1.29, 1.82) is 0 Å². The number of nitrogens with zero attached hydrogens (tertiary/aromatic N) is 1. The van der Waals surface area contributed by atoms with Gasteiger partial charge >= 0.3 is 0 Å². The zero-order valence-corrected chi connectivity index (χ0v) is 9.28. The fraction of sp³-hybridized carbons (Fsp3) is 1.00. The standard InChI is InChI=1S/C10H21NO2/c1-7-6-9(11(3)4)8(2)10(12-5)13-7/h7-10H,6H2,1-5H3/t7-,8-,9+,10-/m1/s1. The first-order chi connectivity index (χ1) is 6.06. The Hall–Kier alpha value is -0.120. The van der Waals surface area contributed by atoms with Crippen molar-refractivity contribution in [3.63, 3.8) is 0 Å². The van der Waals surface area contributed by atoms with Crippen LogP contribution in [0.3, 0.4) is 0 Å². The van der Waals surface area contributed by atoms with Crippen LogP contribution in [0.1, 0.15) is 20.3 Å². The van der Waals surface area contributed by atoms with Gasteiger partial charge in [-0.1, -0.05) is 6.92 Å². The molecular weight excluding hydrogens is 166 g/mol. The van der Waals surface area contributed by atoms with Crippen LogP contribution in [0.25, 0.3) is 0 Å². The minimum atomic E-state index is -0.0452. The van der Waals surface area contributed by atoms with Gasteiger partial charge < -0.3 is 14.4 Å². The molecule has 1 fully saturated rings. The topological polar surface area (TPSA) is 21.7 Å². The molecule has 1 aliphatic heterocycles. The van der Waals surface area contributed by atoms with Gasteiger partial charge in [-0.25, -0.2) is 0 Å². The van der Waals surface area contributed by atoms with Gasteiger partial charge in [0.05, 0.1) is 6.10 Å². The molecule has 1 rings (SSSR count). The van der Waals surface area contributed by atoms with Crippen LogP contribution in [-0.2, 0) is 9.47 Å². The van der Waals surface area contributed by atoms with Gasteiger partial charge in [0.15, 0.2) is 6.29 Å². The molecule has 4 atom stereocenters. The van der Waals surface area contributed by atoms with E-state index in [0.717, 1.165) is 6.42 Å². The molecule has 0 aromatic rings. The molecule has 0 aromatic heterocycles. The zero-order valence-electron chi connectivity index (χ0n) is 9.28. The summed E-state index contributed by atoms with van der Waals surface area (Å²) in [5.41, 5.74) is 0. The van der Waals surface area contributed by atoms with Crippen molar-refractivity contribution in [3.05, 3.63) is 0 Å². The summed E-state index contributed by atoms with van der Waals surface area (Å²) < 4.78 is 11.0. The Morgan fingerprint density at radius 1 is 1.31 bits per heavy atom. The fourth-order valence-corrected chi connectivity index (χ4v) is 2.10. The molecule has 0 bridgehead atoms. The second kappa shape index (κ2) is 4.40. The average molecular weight is 187 g/mol. The minimum Gasteiger partial charge on any atom is -0.356 e. The summed E-state index contributed by atoms with van der Waals surface area (Å²) in [4.78, 5) is 2.26. The van der Waals surface area contributed by atoms with Crippen LogP contribution >= 0.6 is 0 Å². The number of rotatable bonds is 2. The lowest BCUT2D eigenvalue weighted by molar-refractivity contribution is -0.217. The van der Waals surface area contributed by atoms with E-state index in [-0.39, 0.29) is 6.29 Å². The minimum absolute atomic E-state index is 0.0452. The molecule has 3 nitrogen and oxygen atoms in total. The van der Waals surface area contributed by atoms with E-state index in [2.05, 4.69) is 32.8 Å². The van der Waals surface area contributed by atoms with Gasteiger partial charge in [-0.3, -0.25) is 0 Å². The second-order valence-corrected chi connectivity index (χ2v) is 4.18. The van der Waals surface area contributed by atoms with Gasteiger partial charge in [0.25, 0.3) is 0 Å². The first kappa shape index (κ1) is 11.0. The Morgan fingerprint density at radius 3 is 2.38 bits per heavy atom. The average Bonchev–Trinajstić information content (AvgIpc) is 2.08. The van der Waals surface area contributed by atoms with Crippen molar-refractivity contribution < 1.29 is 9.47 Å². The molecule has 1 heterocycles. The first-order valence-corrected chi connectivity index (χ1v) is 4.91. The molecule has 0 N–H and O–H groups in total. The molecule has 13 heavy (non-hydrogen) atoms. The highest BCUT2D eigenvalue weighted by Crippen LogP contribution is 2.27. The third-order valence-electron chi connectivity index (χ3n) is 2.87. The van der Waals surface area contributed by atoms with Crippen molar-refractivity contribution in [1.82, 2.24) is 4.90 Å². The van der Waals surface area contributed by atoms with Crippen molar-refractivity contribution in [2.24, 2.45) is 5.92 Å². The number of ether oxygens (including phenoxy) is 2. The smallest absolute Gasteiger partial charge is 0.161 e. The highest BCUT2D eigenvalue weighted by molar-refractivity contribution is 4.82. The number of hydrogen-bond acceptors (Lipinski definition) is 3. The largest absolute Gasteiger partial charge is 0.356 e. The SMILES string of the molecule is CO[C@@H]1O[C@H](C)C[C@H](N(C)C)[C@H]1C. The molecule has 78 valence electrons. The van der Waals surface area contributed by atoms with E-state index in [9.17, 15) is 0 Å². The summed E-state index contributed by atoms with van der Waals surface area (Å²) in [5, 5.41) is 0. The fourth-order valence-electron chi connectivity index (χ4n) is 2.10. The molecule has 0 amide bonds. The van der Waals surface area contributed by atoms with E-state index in [1.54, 1.807) is 7.11 Å². The van der Waals surface area contributed by atoms with Crippen molar-refractivity contribution >= 4 is 0 Å². The Kier molecular flexibility index (Phi) is 3.71. The lowest BCUT2D eigenvalue weighted by atomic mass is 9.92. The highest BCUT2D eigenvalue weighted by Gasteiger charge is 2.35. The summed E-state index contributed by atoms with van der Waals surface area (Å²) in [5.74, 6) is 0.441. The van der Waals surface area contributed by atoms with Gasteiger partial charge in [-0.15, -0.1) is 0 Å². The number of hydrogen-bond donors (Lipinski definition) is 0. The van der Waals surface area contributed by atoms with Crippen LogP contribution in [0.2, 0.25) is 0 Å². The predicted molar refractivity (Wildman–Crippen MR) is 52.6 cm³/mol. The highest BCUT2D eigenvalue weighted by atomic mass is 16.7. The maximum absolute atomic E-state index is 5.68. The molecule has 0 aliphatic carbocycles. The molecule has 3 heteroatoms. The van der Waals surface area contributed by atoms with E-state index in [4.69, 9.17) is 9.47 Å². The predicted octanol–water partition coefficient (Wildman–Crippen LogP) is 1.33. The van der Waals surface area contributed by atoms with Crippen LogP contribution in [0.4, 0.5) is 0 Å². The maximum atomic E-state index is 5.68. The Labute approximate surface area is 81.0 Å². The molecule has 0 radical (unpaired) electrons. The van der Waals surface area contributed by atoms with Gasteiger partial charge in [0.2, 0.25) is 0 Å². The Balaban J connectivity index is 2.63. The molecule has 0 spiro atoms. The lowest BCUT2D eigenvalue weighted by Gasteiger charge is -2.41. The van der Waals surface area contributed by atoms with Crippen LogP contribution in [0.5, 0.6) is 0 Å². The van der Waals surface area contributed by atoms with Crippen LogP contribution in [0.15, 0.2) is 0 Å². The van der Waals surface area contributed by atoms with Crippen molar-refractivity contribution in [2.75, 3.05) is 21.2 Å². The maximum Gasteiger partial charge on any atom is 0.161 e. The third kappa shape index (κ3) is 2.42. The molecule has 1 saturated heterocycles. The van der Waals surface area contributed by atoms with E-state index < -0.39 is 0 Å². The number of methoxy groups -OCH3 is 1. The monoisotopic (exact) mass is 187 g/mol. The van der Waals surface area contributed by atoms with Gasteiger partial charge in [-0.05, 0) is 27.4 Å². The Morgan fingerprint density at radius 2 is 1.92 bits per heavy atom. The van der Waals surface area contributed by atoms with Crippen LogP contribution in [0, 0.1) is 5.92 Å². The second-order valence-electron chi connectivity index (χ2n) is 4.18. The Bertz CT molecular complexity index is 161. The quantitative estimate of drug-likeness (QED) is 0.651. The van der Waals surface area contributed by atoms with Gasteiger partial charge in [0.1, 0.15) is 0 Å². The molecular formula is C10H21NO2. The summed E-state index contributed by atoms with van der Waals surface area (Å²) in [6, 6.07) is 0.564. The van der Waals surface area contributed by atoms with E-state index in [1.807, 2.05) is 0 Å². The third-order valence-corrected chi connectivity index (χ3v) is 2.87. The van der Waals surface area contributed by atoms with Crippen molar-refractivity contribution in [3.8, 4) is 0 Å². The lowest BCUT2D eigenvalue weighted by Crippen LogP contribution is -2.48. The normalized spacial score (nSPS) is 41.1. The first-order valence-electron chi connectivity index (χ1n) is 4.91. The van der Waals surface area contributed by atoms with Gasteiger partial charge in [-0.2, -0.15) is 0 Å². The molecule has 0 aromatic carbocycles. The zero-order chi connectivity index (χ0) is 10.0. The molecule has 0 saturated carbocycles. The summed E-state index contributed by atoms with van der Waals surface area (Å²) in [7, 11) is 5.95.